The van der Waals surface area contributed by atoms with Crippen LogP contribution in [0.25, 0.3) is 10.9 Å². The fraction of sp³-hybridized carbons (Fsp3) is 0.529. The third-order valence-corrected chi connectivity index (χ3v) is 4.43. The van der Waals surface area contributed by atoms with Gasteiger partial charge in [0.1, 0.15) is 0 Å². The van der Waals surface area contributed by atoms with E-state index in [1.54, 1.807) is 11.1 Å². The summed E-state index contributed by atoms with van der Waals surface area (Å²) in [5, 5.41) is 1.43. The summed E-state index contributed by atoms with van der Waals surface area (Å²) in [6, 6.07) is 5.10. The first-order chi connectivity index (χ1) is 9.15. The molecule has 0 amide bonds. The average Bonchev–Trinajstić information content (AvgIpc) is 2.68. The van der Waals surface area contributed by atoms with Crippen LogP contribution in [0.3, 0.4) is 0 Å². The molecule has 1 heterocycles. The minimum absolute atomic E-state index is 0.280. The Morgan fingerprint density at radius 1 is 1.21 bits per heavy atom. The van der Waals surface area contributed by atoms with E-state index in [1.165, 1.54) is 47.8 Å². The van der Waals surface area contributed by atoms with Gasteiger partial charge in [0.25, 0.3) is 0 Å². The molecule has 3 N–H and O–H groups in total. The van der Waals surface area contributed by atoms with Crippen molar-refractivity contribution >= 4 is 10.9 Å². The first kappa shape index (κ1) is 12.7. The maximum atomic E-state index is 5.90. The van der Waals surface area contributed by atoms with Gasteiger partial charge in [-0.05, 0) is 81.2 Å². The molecule has 0 spiro atoms. The van der Waals surface area contributed by atoms with E-state index in [0.29, 0.717) is 0 Å². The number of rotatable bonds is 3. The minimum atomic E-state index is 0.280. The van der Waals surface area contributed by atoms with E-state index in [0.717, 1.165) is 12.8 Å². The van der Waals surface area contributed by atoms with Crippen LogP contribution in [0.15, 0.2) is 12.1 Å². The Morgan fingerprint density at radius 3 is 2.58 bits per heavy atom. The number of nitrogens with two attached hydrogens (primary N) is 1. The molecule has 1 unspecified atom stereocenters. The number of aromatic nitrogens is 1. The Balaban J connectivity index is 2.04. The van der Waals surface area contributed by atoms with Gasteiger partial charge in [0.2, 0.25) is 0 Å². The summed E-state index contributed by atoms with van der Waals surface area (Å²) in [5.74, 6) is 0. The van der Waals surface area contributed by atoms with Crippen molar-refractivity contribution in [3.63, 3.8) is 0 Å². The van der Waals surface area contributed by atoms with E-state index < -0.39 is 0 Å². The van der Waals surface area contributed by atoms with Gasteiger partial charge in [-0.1, -0.05) is 0 Å². The van der Waals surface area contributed by atoms with Crippen LogP contribution in [0, 0.1) is 6.92 Å². The van der Waals surface area contributed by atoms with Crippen molar-refractivity contribution in [2.75, 3.05) is 0 Å². The highest BCUT2D eigenvalue weighted by Crippen LogP contribution is 2.30. The first-order valence-electron chi connectivity index (χ1n) is 7.53. The highest BCUT2D eigenvalue weighted by atomic mass is 14.7. The van der Waals surface area contributed by atoms with Crippen molar-refractivity contribution in [3.05, 3.63) is 34.5 Å². The number of benzene rings is 1. The van der Waals surface area contributed by atoms with Crippen LogP contribution in [0.1, 0.15) is 48.6 Å². The zero-order valence-corrected chi connectivity index (χ0v) is 12.1. The molecule has 1 atom stereocenters. The van der Waals surface area contributed by atoms with Crippen LogP contribution < -0.4 is 5.73 Å². The van der Waals surface area contributed by atoms with Crippen molar-refractivity contribution in [1.82, 2.24) is 4.98 Å². The first-order valence-corrected chi connectivity index (χ1v) is 7.53. The molecule has 1 aliphatic carbocycles. The molecule has 0 fully saturated rings. The van der Waals surface area contributed by atoms with Gasteiger partial charge in [-0.25, -0.2) is 0 Å². The van der Waals surface area contributed by atoms with Gasteiger partial charge >= 0.3 is 0 Å². The van der Waals surface area contributed by atoms with Crippen molar-refractivity contribution in [2.45, 2.75) is 58.4 Å². The fourth-order valence-electron chi connectivity index (χ4n) is 3.31. The Morgan fingerprint density at radius 2 is 1.89 bits per heavy atom. The number of hydrogen-bond acceptors (Lipinski definition) is 1. The summed E-state index contributed by atoms with van der Waals surface area (Å²) in [7, 11) is 0. The zero-order valence-electron chi connectivity index (χ0n) is 12.1. The summed E-state index contributed by atoms with van der Waals surface area (Å²) in [6.45, 7) is 4.28. The van der Waals surface area contributed by atoms with Gasteiger partial charge in [-0.2, -0.15) is 0 Å². The molecule has 2 heteroatoms. The fourth-order valence-corrected chi connectivity index (χ4v) is 3.31. The van der Waals surface area contributed by atoms with E-state index in [1.807, 2.05) is 0 Å². The standard InChI is InChI=1S/C17H24N2/c1-11(18)7-8-15-12(2)19-17-10-14-6-4-3-5-13(14)9-16(15)17/h9-11,19H,3-8,18H2,1-2H3. The topological polar surface area (TPSA) is 41.8 Å². The summed E-state index contributed by atoms with van der Waals surface area (Å²) in [4.78, 5) is 3.56. The van der Waals surface area contributed by atoms with Crippen LogP contribution in [0.2, 0.25) is 0 Å². The van der Waals surface area contributed by atoms with Crippen molar-refractivity contribution in [2.24, 2.45) is 5.73 Å². The van der Waals surface area contributed by atoms with Crippen molar-refractivity contribution in [1.29, 1.82) is 0 Å². The van der Waals surface area contributed by atoms with Crippen LogP contribution in [-0.4, -0.2) is 11.0 Å². The van der Waals surface area contributed by atoms with E-state index >= 15 is 0 Å². The predicted molar refractivity (Wildman–Crippen MR) is 81.6 cm³/mol. The van der Waals surface area contributed by atoms with Crippen LogP contribution >= 0.6 is 0 Å². The number of nitrogens with one attached hydrogen (secondary N) is 1. The molecule has 1 aromatic carbocycles. The molecule has 0 saturated carbocycles. The molecule has 1 aromatic heterocycles. The van der Waals surface area contributed by atoms with Gasteiger partial charge in [0.05, 0.1) is 0 Å². The lowest BCUT2D eigenvalue weighted by molar-refractivity contribution is 0.666. The zero-order chi connectivity index (χ0) is 13.4. The number of fused-ring (bicyclic) bond motifs is 2. The predicted octanol–water partition coefficient (Wildman–Crippen LogP) is 3.63. The molecular formula is C17H24N2. The molecule has 0 saturated heterocycles. The highest BCUT2D eigenvalue weighted by Gasteiger charge is 2.14. The number of aromatic amines is 1. The molecule has 0 radical (unpaired) electrons. The minimum Gasteiger partial charge on any atom is -0.358 e. The second-order valence-electron chi connectivity index (χ2n) is 6.12. The third kappa shape index (κ3) is 2.42. The molecule has 2 nitrogen and oxygen atoms in total. The highest BCUT2D eigenvalue weighted by molar-refractivity contribution is 5.86. The van der Waals surface area contributed by atoms with E-state index in [2.05, 4.69) is 31.0 Å². The Kier molecular flexibility index (Phi) is 3.36. The lowest BCUT2D eigenvalue weighted by Crippen LogP contribution is -2.15. The molecule has 19 heavy (non-hydrogen) atoms. The van der Waals surface area contributed by atoms with Crippen molar-refractivity contribution < 1.29 is 0 Å². The van der Waals surface area contributed by atoms with Gasteiger partial charge in [-0.15, -0.1) is 0 Å². The van der Waals surface area contributed by atoms with Crippen LogP contribution in [-0.2, 0) is 19.3 Å². The van der Waals surface area contributed by atoms with Gasteiger partial charge in [0.15, 0.2) is 0 Å². The molecule has 0 bridgehead atoms. The van der Waals surface area contributed by atoms with Crippen LogP contribution in [0.4, 0.5) is 0 Å². The van der Waals surface area contributed by atoms with E-state index in [-0.39, 0.29) is 6.04 Å². The summed E-state index contributed by atoms with van der Waals surface area (Å²) in [5.41, 5.74) is 13.1. The van der Waals surface area contributed by atoms with Gasteiger partial charge in [0, 0.05) is 22.6 Å². The Labute approximate surface area is 115 Å². The largest absolute Gasteiger partial charge is 0.358 e. The average molecular weight is 256 g/mol. The second-order valence-corrected chi connectivity index (χ2v) is 6.12. The molecule has 1 aliphatic rings. The van der Waals surface area contributed by atoms with Crippen LogP contribution in [0.5, 0.6) is 0 Å². The quantitative estimate of drug-likeness (QED) is 0.865. The Hall–Kier alpha value is -1.28. The second kappa shape index (κ2) is 5.01. The van der Waals surface area contributed by atoms with E-state index in [9.17, 15) is 0 Å². The number of H-pyrrole nitrogens is 1. The smallest absolute Gasteiger partial charge is 0.0461 e. The number of hydrogen-bond donors (Lipinski definition) is 2. The summed E-state index contributed by atoms with van der Waals surface area (Å²) in [6.07, 6.45) is 7.33. The van der Waals surface area contributed by atoms with Gasteiger partial charge < -0.3 is 10.7 Å². The molecule has 102 valence electrons. The van der Waals surface area contributed by atoms with Gasteiger partial charge in [-0.3, -0.25) is 0 Å². The maximum absolute atomic E-state index is 5.90. The lowest BCUT2D eigenvalue weighted by Gasteiger charge is -2.15. The third-order valence-electron chi connectivity index (χ3n) is 4.43. The monoisotopic (exact) mass is 256 g/mol. The summed E-state index contributed by atoms with van der Waals surface area (Å²) >= 11 is 0. The lowest BCUT2D eigenvalue weighted by atomic mass is 9.89. The van der Waals surface area contributed by atoms with E-state index in [4.69, 9.17) is 5.73 Å². The summed E-state index contributed by atoms with van der Waals surface area (Å²) < 4.78 is 0. The normalized spacial score (nSPS) is 16.6. The SMILES string of the molecule is Cc1[nH]c2cc3c(cc2c1CCC(C)N)CCCC3. The van der Waals surface area contributed by atoms with Crippen molar-refractivity contribution in [3.8, 4) is 0 Å². The molecule has 2 aromatic rings. The molecule has 0 aliphatic heterocycles. The molecule has 3 rings (SSSR count). The molecular weight excluding hydrogens is 232 g/mol. The number of aryl methyl sites for hydroxylation is 4. The Bertz CT molecular complexity index is 593. The maximum Gasteiger partial charge on any atom is 0.0461 e.